The standard InChI is InChI=1S/C47H54N8O6S/c1-27(2)38(52-45(58)60-5)43(56)54-22-10-12-34(54)41-48-26-33(50-41)31-18-19-32-25-36(62-37(32)24-31)29-14-16-30(17-15-29)39-28(3)49-42(51-39)35-13-11-23-55(35)44(57)40(53-46(59)61-6)47(4)20-8-7-9-21-47/h7-9,14-20,24-27,34-35,38,40H,10-13,21-23H2,1-6H3,(H,48,50)(H,49,51)(H,52,58)(H,53,59)/t34-,35-,38-,40-,47?/m0/s1. The number of likely N-dealkylation sites (tertiary alicyclic amines) is 2. The number of ether oxygens (including phenoxy) is 2. The SMILES string of the molecule is COC(=O)N[C@H](C(=O)N1CCC[C@H]1c1ncc(-c2ccc3cc(-c4ccc(-c5nc([C@@H]6CCCN6C(=O)[C@H](NC(=O)OC)C6(C)C=CC=CC6)[nH]c5C)cc4)sc3c2)[nH]1)C(C)C. The van der Waals surface area contributed by atoms with Crippen LogP contribution in [0.4, 0.5) is 9.59 Å². The summed E-state index contributed by atoms with van der Waals surface area (Å²) in [5, 5.41) is 6.69. The van der Waals surface area contributed by atoms with E-state index in [0.717, 1.165) is 86.1 Å². The topological polar surface area (TPSA) is 175 Å². The number of hydrogen-bond donors (Lipinski definition) is 4. The van der Waals surface area contributed by atoms with E-state index in [1.54, 1.807) is 11.3 Å². The van der Waals surface area contributed by atoms with Gasteiger partial charge in [-0.25, -0.2) is 19.6 Å². The lowest BCUT2D eigenvalue weighted by Gasteiger charge is -2.38. The lowest BCUT2D eigenvalue weighted by atomic mass is 9.76. The number of aryl methyl sites for hydroxylation is 1. The zero-order chi connectivity index (χ0) is 43.7. The number of imidazole rings is 2. The van der Waals surface area contributed by atoms with Gasteiger partial charge in [-0.15, -0.1) is 11.3 Å². The Balaban J connectivity index is 0.967. The number of aromatic amines is 2. The largest absolute Gasteiger partial charge is 0.453 e. The number of thiophene rings is 1. The van der Waals surface area contributed by atoms with Crippen molar-refractivity contribution in [3.63, 3.8) is 0 Å². The monoisotopic (exact) mass is 858 g/mol. The van der Waals surface area contributed by atoms with Crippen LogP contribution in [0.2, 0.25) is 0 Å². The van der Waals surface area contributed by atoms with E-state index in [9.17, 15) is 19.2 Å². The molecule has 2 saturated heterocycles. The molecular formula is C47H54N8O6S. The van der Waals surface area contributed by atoms with Crippen molar-refractivity contribution in [2.75, 3.05) is 27.3 Å². The predicted molar refractivity (Wildman–Crippen MR) is 239 cm³/mol. The van der Waals surface area contributed by atoms with Crippen LogP contribution in [-0.4, -0.2) is 93.1 Å². The average Bonchev–Trinajstić information content (AvgIpc) is 4.13. The van der Waals surface area contributed by atoms with Gasteiger partial charge in [-0.2, -0.15) is 0 Å². The second-order valence-corrected chi connectivity index (χ2v) is 18.1. The molecule has 3 aliphatic rings. The molecule has 0 spiro atoms. The van der Waals surface area contributed by atoms with Gasteiger partial charge in [0, 0.05) is 44.9 Å². The molecule has 0 saturated carbocycles. The third kappa shape index (κ3) is 8.37. The summed E-state index contributed by atoms with van der Waals surface area (Å²) in [7, 11) is 2.60. The lowest BCUT2D eigenvalue weighted by molar-refractivity contribution is -0.137. The molecule has 62 heavy (non-hydrogen) atoms. The number of hydrogen-bond acceptors (Lipinski definition) is 9. The minimum Gasteiger partial charge on any atom is -0.453 e. The smallest absolute Gasteiger partial charge is 0.407 e. The number of aromatic nitrogens is 4. The molecule has 1 unspecified atom stereocenters. The summed E-state index contributed by atoms with van der Waals surface area (Å²) in [4.78, 5) is 73.9. The second kappa shape index (κ2) is 17.6. The number of benzene rings is 2. The summed E-state index contributed by atoms with van der Waals surface area (Å²) >= 11 is 1.72. The molecule has 4 N–H and O–H groups in total. The van der Waals surface area contributed by atoms with E-state index in [-0.39, 0.29) is 29.8 Å². The number of nitrogens with zero attached hydrogens (tertiary/aromatic N) is 4. The molecule has 15 heteroatoms. The minimum atomic E-state index is -0.798. The maximum Gasteiger partial charge on any atom is 0.407 e. The summed E-state index contributed by atoms with van der Waals surface area (Å²) < 4.78 is 10.8. The van der Waals surface area contributed by atoms with E-state index >= 15 is 0 Å². The average molecular weight is 859 g/mol. The summed E-state index contributed by atoms with van der Waals surface area (Å²) in [5.74, 6) is 1.07. The Kier molecular flexibility index (Phi) is 12.1. The molecule has 3 aromatic heterocycles. The van der Waals surface area contributed by atoms with E-state index in [1.807, 2.05) is 68.0 Å². The highest BCUT2D eigenvalue weighted by Gasteiger charge is 2.44. The van der Waals surface area contributed by atoms with E-state index < -0.39 is 29.7 Å². The van der Waals surface area contributed by atoms with Gasteiger partial charge in [0.1, 0.15) is 23.7 Å². The Morgan fingerprint density at radius 1 is 0.839 bits per heavy atom. The molecule has 2 aromatic carbocycles. The van der Waals surface area contributed by atoms with E-state index in [0.29, 0.717) is 19.5 Å². The van der Waals surface area contributed by atoms with Crippen molar-refractivity contribution < 1.29 is 28.7 Å². The van der Waals surface area contributed by atoms with Gasteiger partial charge in [0.15, 0.2) is 0 Å². The van der Waals surface area contributed by atoms with Gasteiger partial charge >= 0.3 is 12.2 Å². The van der Waals surface area contributed by atoms with Crippen molar-refractivity contribution in [3.8, 4) is 33.0 Å². The number of rotatable bonds is 11. The third-order valence-electron chi connectivity index (χ3n) is 12.5. The molecule has 1 aliphatic carbocycles. The quantitative estimate of drug-likeness (QED) is 0.102. The van der Waals surface area contributed by atoms with Crippen molar-refractivity contribution in [1.82, 2.24) is 40.4 Å². The molecule has 14 nitrogen and oxygen atoms in total. The number of amides is 4. The van der Waals surface area contributed by atoms with Gasteiger partial charge in [-0.3, -0.25) is 9.59 Å². The molecule has 0 bridgehead atoms. The van der Waals surface area contributed by atoms with Crippen molar-refractivity contribution in [3.05, 3.63) is 96.4 Å². The van der Waals surface area contributed by atoms with Crippen LogP contribution in [0.25, 0.3) is 43.0 Å². The predicted octanol–water partition coefficient (Wildman–Crippen LogP) is 8.61. The van der Waals surface area contributed by atoms with E-state index in [2.05, 4.69) is 69.1 Å². The fourth-order valence-electron chi connectivity index (χ4n) is 9.03. The Morgan fingerprint density at radius 2 is 1.50 bits per heavy atom. The summed E-state index contributed by atoms with van der Waals surface area (Å²) in [6.07, 6.45) is 12.3. The number of methoxy groups -OCH3 is 2. The Hall–Kier alpha value is -6.22. The first-order valence-corrected chi connectivity index (χ1v) is 22.1. The molecule has 8 rings (SSSR count). The zero-order valence-corrected chi connectivity index (χ0v) is 36.8. The number of fused-ring (bicyclic) bond motifs is 1. The molecule has 2 fully saturated rings. The normalized spacial score (nSPS) is 20.8. The summed E-state index contributed by atoms with van der Waals surface area (Å²) in [6.45, 7) is 8.96. The maximum atomic E-state index is 14.3. The Bertz CT molecular complexity index is 2540. The number of H-pyrrole nitrogens is 2. The number of carbonyl (C=O) groups is 4. The second-order valence-electron chi connectivity index (χ2n) is 17.0. The van der Waals surface area contributed by atoms with Crippen LogP contribution in [0.15, 0.2) is 79.0 Å². The molecule has 4 amide bonds. The third-order valence-corrected chi connectivity index (χ3v) is 13.6. The number of allylic oxidation sites excluding steroid dienone is 3. The van der Waals surface area contributed by atoms with Gasteiger partial charge in [-0.1, -0.05) is 81.5 Å². The molecular weight excluding hydrogens is 805 g/mol. The fraction of sp³-hybridized carbons (Fsp3) is 0.404. The molecule has 0 radical (unpaired) electrons. The van der Waals surface area contributed by atoms with E-state index in [4.69, 9.17) is 19.4 Å². The van der Waals surface area contributed by atoms with Crippen LogP contribution < -0.4 is 10.6 Å². The zero-order valence-electron chi connectivity index (χ0n) is 36.0. The highest BCUT2D eigenvalue weighted by atomic mass is 32.1. The highest BCUT2D eigenvalue weighted by molar-refractivity contribution is 7.22. The van der Waals surface area contributed by atoms with Crippen molar-refractivity contribution in [1.29, 1.82) is 0 Å². The Labute approximate surface area is 365 Å². The maximum absolute atomic E-state index is 14.3. The van der Waals surface area contributed by atoms with Crippen LogP contribution in [0, 0.1) is 18.3 Å². The van der Waals surface area contributed by atoms with Crippen LogP contribution >= 0.6 is 11.3 Å². The molecule has 5 atom stereocenters. The Morgan fingerprint density at radius 3 is 2.18 bits per heavy atom. The van der Waals surface area contributed by atoms with Crippen molar-refractivity contribution >= 4 is 45.4 Å². The van der Waals surface area contributed by atoms with E-state index in [1.165, 1.54) is 14.2 Å². The van der Waals surface area contributed by atoms with Crippen LogP contribution in [0.1, 0.15) is 82.3 Å². The fourth-order valence-corrected chi connectivity index (χ4v) is 10.1. The number of carbonyl (C=O) groups excluding carboxylic acids is 4. The number of nitrogens with one attached hydrogen (secondary N) is 4. The van der Waals surface area contributed by atoms with Crippen LogP contribution in [0.3, 0.4) is 0 Å². The first-order chi connectivity index (χ1) is 29.9. The summed E-state index contributed by atoms with van der Waals surface area (Å²) in [5.41, 5.74) is 5.10. The molecule has 2 aliphatic heterocycles. The van der Waals surface area contributed by atoms with Crippen LogP contribution in [0.5, 0.6) is 0 Å². The van der Waals surface area contributed by atoms with Gasteiger partial charge in [0.2, 0.25) is 11.8 Å². The first kappa shape index (κ1) is 42.5. The first-order valence-electron chi connectivity index (χ1n) is 21.3. The van der Waals surface area contributed by atoms with Crippen molar-refractivity contribution in [2.45, 2.75) is 84.0 Å². The molecule has 5 aromatic rings. The van der Waals surface area contributed by atoms with Crippen molar-refractivity contribution in [2.24, 2.45) is 11.3 Å². The molecule has 5 heterocycles. The van der Waals surface area contributed by atoms with Gasteiger partial charge in [-0.05, 0) is 68.0 Å². The molecule has 324 valence electrons. The summed E-state index contributed by atoms with van der Waals surface area (Å²) in [6, 6.07) is 15.1. The van der Waals surface area contributed by atoms with Gasteiger partial charge < -0.3 is 39.9 Å². The van der Waals surface area contributed by atoms with Gasteiger partial charge in [0.25, 0.3) is 0 Å². The highest BCUT2D eigenvalue weighted by Crippen LogP contribution is 2.40. The van der Waals surface area contributed by atoms with Gasteiger partial charge in [0.05, 0.1) is 43.9 Å². The minimum absolute atomic E-state index is 0.109. The number of alkyl carbamates (subject to hydrolysis) is 2. The van der Waals surface area contributed by atoms with Crippen LogP contribution in [-0.2, 0) is 19.1 Å². The lowest BCUT2D eigenvalue weighted by Crippen LogP contribution is -2.56.